The zero-order chi connectivity index (χ0) is 11.2. The third kappa shape index (κ3) is 3.73. The van der Waals surface area contributed by atoms with Crippen molar-refractivity contribution >= 4 is 29.0 Å². The van der Waals surface area contributed by atoms with Gasteiger partial charge in [0.25, 0.3) is 0 Å². The number of hydrogen-bond acceptors (Lipinski definition) is 6. The van der Waals surface area contributed by atoms with E-state index in [-0.39, 0.29) is 12.0 Å². The summed E-state index contributed by atoms with van der Waals surface area (Å²) in [6.45, 7) is 1.44. The number of amides is 1. The summed E-state index contributed by atoms with van der Waals surface area (Å²) < 4.78 is 6.24. The molecule has 5 nitrogen and oxygen atoms in total. The monoisotopic (exact) mass is 259 g/mol. The molecule has 0 spiro atoms. The van der Waals surface area contributed by atoms with Crippen LogP contribution in [0.25, 0.3) is 0 Å². The normalized spacial score (nSPS) is 19.9. The second kappa shape index (κ2) is 6.17. The van der Waals surface area contributed by atoms with Crippen LogP contribution in [0.1, 0.15) is 12.8 Å². The van der Waals surface area contributed by atoms with E-state index in [1.165, 1.54) is 23.1 Å². The van der Waals surface area contributed by atoms with Crippen molar-refractivity contribution in [2.75, 3.05) is 18.9 Å². The molecule has 0 aromatic carbocycles. The van der Waals surface area contributed by atoms with Gasteiger partial charge in [0.1, 0.15) is 5.51 Å². The minimum Gasteiger partial charge on any atom is -0.376 e. The van der Waals surface area contributed by atoms with Crippen LogP contribution >= 0.6 is 23.1 Å². The van der Waals surface area contributed by atoms with Crippen molar-refractivity contribution < 1.29 is 9.53 Å². The van der Waals surface area contributed by atoms with E-state index in [0.717, 1.165) is 23.8 Å². The SMILES string of the molecule is O=C(CSc1nncs1)NCC1CCCO1. The van der Waals surface area contributed by atoms with Crippen molar-refractivity contribution in [3.8, 4) is 0 Å². The lowest BCUT2D eigenvalue weighted by molar-refractivity contribution is -0.119. The molecule has 1 aliphatic heterocycles. The van der Waals surface area contributed by atoms with Crippen LogP contribution in [0.5, 0.6) is 0 Å². The number of thioether (sulfide) groups is 1. The Bertz CT molecular complexity index is 326. The molecule has 1 unspecified atom stereocenters. The summed E-state index contributed by atoms with van der Waals surface area (Å²) in [6.07, 6.45) is 2.35. The maximum atomic E-state index is 11.5. The van der Waals surface area contributed by atoms with Crippen molar-refractivity contribution in [1.82, 2.24) is 15.5 Å². The Morgan fingerprint density at radius 2 is 2.69 bits per heavy atom. The summed E-state index contributed by atoms with van der Waals surface area (Å²) in [5.41, 5.74) is 1.66. The predicted molar refractivity (Wildman–Crippen MR) is 62.6 cm³/mol. The van der Waals surface area contributed by atoms with Crippen molar-refractivity contribution in [2.45, 2.75) is 23.3 Å². The van der Waals surface area contributed by atoms with Crippen LogP contribution in [0.4, 0.5) is 0 Å². The van der Waals surface area contributed by atoms with E-state index in [1.54, 1.807) is 5.51 Å². The van der Waals surface area contributed by atoms with Crippen molar-refractivity contribution in [2.24, 2.45) is 0 Å². The molecule has 16 heavy (non-hydrogen) atoms. The van der Waals surface area contributed by atoms with E-state index < -0.39 is 0 Å². The van der Waals surface area contributed by atoms with Crippen molar-refractivity contribution in [1.29, 1.82) is 0 Å². The minimum absolute atomic E-state index is 0.0238. The van der Waals surface area contributed by atoms with Gasteiger partial charge in [-0.25, -0.2) is 0 Å². The lowest BCUT2D eigenvalue weighted by atomic mass is 10.2. The summed E-state index contributed by atoms with van der Waals surface area (Å²) >= 11 is 2.85. The maximum absolute atomic E-state index is 11.5. The minimum atomic E-state index is 0.0238. The number of aromatic nitrogens is 2. The van der Waals surface area contributed by atoms with E-state index >= 15 is 0 Å². The summed E-state index contributed by atoms with van der Waals surface area (Å²) in [5.74, 6) is 0.415. The molecule has 0 bridgehead atoms. The molecule has 0 aliphatic carbocycles. The van der Waals surface area contributed by atoms with Gasteiger partial charge < -0.3 is 10.1 Å². The average Bonchev–Trinajstić information content (AvgIpc) is 2.96. The van der Waals surface area contributed by atoms with Crippen molar-refractivity contribution in [3.05, 3.63) is 5.51 Å². The standard InChI is InChI=1S/C9H13N3O2S2/c13-8(5-15-9-12-11-6-16-9)10-4-7-2-1-3-14-7/h6-7H,1-5H2,(H,10,13). The fraction of sp³-hybridized carbons (Fsp3) is 0.667. The molecule has 1 aliphatic rings. The Hall–Kier alpha value is -0.660. The van der Waals surface area contributed by atoms with Crippen LogP contribution in [-0.4, -0.2) is 41.1 Å². The second-order valence-corrected chi connectivity index (χ2v) is 5.49. The third-order valence-corrected chi connectivity index (χ3v) is 4.08. The summed E-state index contributed by atoms with van der Waals surface area (Å²) in [5, 5.41) is 10.4. The molecule has 7 heteroatoms. The number of nitrogens with zero attached hydrogens (tertiary/aromatic N) is 2. The first-order chi connectivity index (χ1) is 7.84. The molecule has 0 radical (unpaired) electrons. The van der Waals surface area contributed by atoms with Crippen LogP contribution in [0.3, 0.4) is 0 Å². The van der Waals surface area contributed by atoms with E-state index in [0.29, 0.717) is 12.3 Å². The molecule has 1 amide bonds. The number of hydrogen-bond donors (Lipinski definition) is 1. The number of nitrogens with one attached hydrogen (secondary N) is 1. The Balaban J connectivity index is 1.60. The van der Waals surface area contributed by atoms with Gasteiger partial charge in [-0.2, -0.15) is 0 Å². The molecular formula is C9H13N3O2S2. The van der Waals surface area contributed by atoms with E-state index in [4.69, 9.17) is 4.74 Å². The molecule has 1 atom stereocenters. The number of rotatable bonds is 5. The van der Waals surface area contributed by atoms with Crippen LogP contribution in [0.15, 0.2) is 9.85 Å². The molecule has 1 fully saturated rings. The number of carbonyl (C=O) groups excluding carboxylic acids is 1. The average molecular weight is 259 g/mol. The Morgan fingerprint density at radius 3 is 3.38 bits per heavy atom. The van der Waals surface area contributed by atoms with Gasteiger partial charge in [0, 0.05) is 13.2 Å². The first-order valence-electron chi connectivity index (χ1n) is 5.12. The zero-order valence-corrected chi connectivity index (χ0v) is 10.4. The predicted octanol–water partition coefficient (Wildman–Crippen LogP) is 0.925. The highest BCUT2D eigenvalue weighted by atomic mass is 32.2. The van der Waals surface area contributed by atoms with Crippen LogP contribution in [0, 0.1) is 0 Å². The Morgan fingerprint density at radius 1 is 1.75 bits per heavy atom. The van der Waals surface area contributed by atoms with Gasteiger partial charge in [-0.15, -0.1) is 10.2 Å². The highest BCUT2D eigenvalue weighted by molar-refractivity contribution is 8.01. The van der Waals surface area contributed by atoms with Gasteiger partial charge in [-0.05, 0) is 12.8 Å². The van der Waals surface area contributed by atoms with Gasteiger partial charge in [0.05, 0.1) is 11.9 Å². The van der Waals surface area contributed by atoms with E-state index in [2.05, 4.69) is 15.5 Å². The number of carbonyl (C=O) groups is 1. The van der Waals surface area contributed by atoms with Gasteiger partial charge in [0.15, 0.2) is 4.34 Å². The van der Waals surface area contributed by atoms with Gasteiger partial charge in [-0.3, -0.25) is 4.79 Å². The second-order valence-electron chi connectivity index (χ2n) is 3.43. The van der Waals surface area contributed by atoms with Gasteiger partial charge >= 0.3 is 0 Å². The van der Waals surface area contributed by atoms with Crippen LogP contribution in [0.2, 0.25) is 0 Å². The third-order valence-electron chi connectivity index (χ3n) is 2.22. The fourth-order valence-corrected chi connectivity index (χ4v) is 2.76. The smallest absolute Gasteiger partial charge is 0.230 e. The lowest BCUT2D eigenvalue weighted by Crippen LogP contribution is -2.32. The molecule has 1 aromatic heterocycles. The number of ether oxygens (including phenoxy) is 1. The van der Waals surface area contributed by atoms with Crippen molar-refractivity contribution in [3.63, 3.8) is 0 Å². The molecule has 2 heterocycles. The van der Waals surface area contributed by atoms with Gasteiger partial charge in [-0.1, -0.05) is 23.1 Å². The molecule has 88 valence electrons. The largest absolute Gasteiger partial charge is 0.376 e. The zero-order valence-electron chi connectivity index (χ0n) is 8.72. The molecular weight excluding hydrogens is 246 g/mol. The first-order valence-corrected chi connectivity index (χ1v) is 6.98. The van der Waals surface area contributed by atoms with E-state index in [1.807, 2.05) is 0 Å². The molecule has 1 saturated heterocycles. The lowest BCUT2D eigenvalue weighted by Gasteiger charge is -2.09. The highest BCUT2D eigenvalue weighted by Crippen LogP contribution is 2.18. The molecule has 1 N–H and O–H groups in total. The summed E-state index contributed by atoms with van der Waals surface area (Å²) in [4.78, 5) is 11.5. The summed E-state index contributed by atoms with van der Waals surface area (Å²) in [6, 6.07) is 0. The highest BCUT2D eigenvalue weighted by Gasteiger charge is 2.16. The summed E-state index contributed by atoms with van der Waals surface area (Å²) in [7, 11) is 0. The fourth-order valence-electron chi connectivity index (χ4n) is 1.44. The van der Waals surface area contributed by atoms with E-state index in [9.17, 15) is 4.79 Å². The maximum Gasteiger partial charge on any atom is 0.230 e. The van der Waals surface area contributed by atoms with Gasteiger partial charge in [0.2, 0.25) is 5.91 Å². The molecule has 0 saturated carbocycles. The quantitative estimate of drug-likeness (QED) is 0.797. The molecule has 2 rings (SSSR count). The molecule has 1 aromatic rings. The van der Waals surface area contributed by atoms with Crippen LogP contribution < -0.4 is 5.32 Å². The topological polar surface area (TPSA) is 64.1 Å². The Kier molecular flexibility index (Phi) is 4.55. The Labute approximate surface area is 102 Å². The van der Waals surface area contributed by atoms with Crippen LogP contribution in [-0.2, 0) is 9.53 Å². The first kappa shape index (κ1) is 11.8.